The van der Waals surface area contributed by atoms with Crippen LogP contribution in [0.1, 0.15) is 35.2 Å². The van der Waals surface area contributed by atoms with E-state index in [1.165, 1.54) is 19.3 Å². The van der Waals surface area contributed by atoms with Crippen LogP contribution >= 0.6 is 0 Å². The lowest BCUT2D eigenvalue weighted by Crippen LogP contribution is -2.40. The molecule has 5 heteroatoms. The number of benzene rings is 2. The number of nitrogens with two attached hydrogens (primary N) is 1. The number of hydrogen-bond donors (Lipinski definition) is 2. The minimum absolute atomic E-state index is 0.413. The van der Waals surface area contributed by atoms with E-state index >= 15 is 0 Å². The number of carbonyl (C=O) groups excluding carboxylic acids is 1. The number of amides is 1. The first-order chi connectivity index (χ1) is 12.2. The molecule has 1 amide bonds. The molecule has 0 unspecified atom stereocenters. The number of nitrogens with one attached hydrogen (secondary N) is 1. The molecular formula is C20H24N4O. The van der Waals surface area contributed by atoms with Crippen LogP contribution in [0.25, 0.3) is 0 Å². The average Bonchev–Trinajstić information content (AvgIpc) is 2.67. The molecule has 0 spiro atoms. The highest BCUT2D eigenvalue weighted by Gasteiger charge is 2.15. The molecule has 130 valence electrons. The minimum atomic E-state index is -0.413. The standard InChI is InChI=1S/C20H24N4O/c21-19(25)17-9-7-8-16(14-17)15-22-20(24-12-5-2-6-13-24)23-18-10-3-1-4-11-18/h1,3-4,7-11,14H,2,5-6,12-13,15H2,(H2,21,25)(H,22,23). The van der Waals surface area contributed by atoms with Crippen molar-refractivity contribution >= 4 is 17.6 Å². The monoisotopic (exact) mass is 336 g/mol. The summed E-state index contributed by atoms with van der Waals surface area (Å²) in [6, 6.07) is 17.4. The molecule has 0 radical (unpaired) electrons. The second-order valence-corrected chi connectivity index (χ2v) is 6.24. The Labute approximate surface area is 148 Å². The second-order valence-electron chi connectivity index (χ2n) is 6.24. The molecule has 1 heterocycles. The third-order valence-electron chi connectivity index (χ3n) is 4.31. The number of para-hydroxylation sites is 1. The zero-order chi connectivity index (χ0) is 17.5. The van der Waals surface area contributed by atoms with Crippen LogP contribution in [0.15, 0.2) is 59.6 Å². The molecule has 3 rings (SSSR count). The Hall–Kier alpha value is -2.82. The first-order valence-electron chi connectivity index (χ1n) is 8.72. The van der Waals surface area contributed by atoms with E-state index in [1.807, 2.05) is 48.5 Å². The molecule has 2 aromatic carbocycles. The number of hydrogen-bond acceptors (Lipinski definition) is 2. The van der Waals surface area contributed by atoms with E-state index in [0.29, 0.717) is 12.1 Å². The Morgan fingerprint density at radius 2 is 1.80 bits per heavy atom. The number of aliphatic imine (C=N–C) groups is 1. The molecule has 0 bridgehead atoms. The summed E-state index contributed by atoms with van der Waals surface area (Å²) in [7, 11) is 0. The highest BCUT2D eigenvalue weighted by Crippen LogP contribution is 2.14. The predicted octanol–water partition coefficient (Wildman–Crippen LogP) is 3.24. The summed E-state index contributed by atoms with van der Waals surface area (Å²) in [5.41, 5.74) is 7.88. The Morgan fingerprint density at radius 1 is 1.04 bits per heavy atom. The van der Waals surface area contributed by atoms with Gasteiger partial charge in [0.05, 0.1) is 6.54 Å². The van der Waals surface area contributed by atoms with Gasteiger partial charge < -0.3 is 16.0 Å². The summed E-state index contributed by atoms with van der Waals surface area (Å²) in [4.78, 5) is 18.4. The van der Waals surface area contributed by atoms with Crippen LogP contribution in [0.3, 0.4) is 0 Å². The molecule has 1 fully saturated rings. The van der Waals surface area contributed by atoms with Gasteiger partial charge in [-0.1, -0.05) is 30.3 Å². The van der Waals surface area contributed by atoms with Gasteiger partial charge in [-0.25, -0.2) is 4.99 Å². The molecule has 2 aromatic rings. The molecule has 0 saturated carbocycles. The SMILES string of the molecule is NC(=O)c1cccc(CN=C(Nc2ccccc2)N2CCCCC2)c1. The van der Waals surface area contributed by atoms with Crippen LogP contribution in [0.2, 0.25) is 0 Å². The molecule has 0 aliphatic carbocycles. The highest BCUT2D eigenvalue weighted by atomic mass is 16.1. The first kappa shape index (κ1) is 17.0. The van der Waals surface area contributed by atoms with Crippen LogP contribution < -0.4 is 11.1 Å². The van der Waals surface area contributed by atoms with Gasteiger partial charge in [0.25, 0.3) is 0 Å². The number of rotatable bonds is 4. The lowest BCUT2D eigenvalue weighted by Gasteiger charge is -2.30. The number of likely N-dealkylation sites (tertiary alicyclic amines) is 1. The maximum Gasteiger partial charge on any atom is 0.248 e. The van der Waals surface area contributed by atoms with Crippen molar-refractivity contribution in [2.24, 2.45) is 10.7 Å². The maximum absolute atomic E-state index is 11.3. The summed E-state index contributed by atoms with van der Waals surface area (Å²) < 4.78 is 0. The Bertz CT molecular complexity index is 736. The third kappa shape index (κ3) is 4.83. The summed E-state index contributed by atoms with van der Waals surface area (Å²) >= 11 is 0. The van der Waals surface area contributed by atoms with Crippen LogP contribution in [-0.4, -0.2) is 29.9 Å². The Morgan fingerprint density at radius 3 is 2.52 bits per heavy atom. The van der Waals surface area contributed by atoms with Crippen LogP contribution in [0.4, 0.5) is 5.69 Å². The summed E-state index contributed by atoms with van der Waals surface area (Å²) in [5.74, 6) is 0.472. The fourth-order valence-corrected chi connectivity index (χ4v) is 2.96. The van der Waals surface area contributed by atoms with Crippen LogP contribution in [-0.2, 0) is 6.54 Å². The van der Waals surface area contributed by atoms with Gasteiger partial charge in [-0.15, -0.1) is 0 Å². The van der Waals surface area contributed by atoms with Gasteiger partial charge in [-0.3, -0.25) is 4.79 Å². The molecule has 1 aliphatic heterocycles. The number of guanidine groups is 1. The summed E-state index contributed by atoms with van der Waals surface area (Å²) in [6.45, 7) is 2.53. The fraction of sp³-hybridized carbons (Fsp3) is 0.300. The van der Waals surface area contributed by atoms with Gasteiger partial charge in [0.2, 0.25) is 5.91 Å². The van der Waals surface area contributed by atoms with E-state index < -0.39 is 5.91 Å². The van der Waals surface area contributed by atoms with Crippen molar-refractivity contribution in [3.05, 3.63) is 65.7 Å². The van der Waals surface area contributed by atoms with Gasteiger partial charge >= 0.3 is 0 Å². The smallest absolute Gasteiger partial charge is 0.248 e. The lowest BCUT2D eigenvalue weighted by molar-refractivity contribution is 0.1000. The van der Waals surface area contributed by atoms with E-state index in [9.17, 15) is 4.79 Å². The van der Waals surface area contributed by atoms with E-state index in [0.717, 1.165) is 30.3 Å². The molecule has 5 nitrogen and oxygen atoms in total. The van der Waals surface area contributed by atoms with Gasteiger partial charge in [0.1, 0.15) is 0 Å². The third-order valence-corrected chi connectivity index (χ3v) is 4.31. The second kappa shape index (κ2) is 8.33. The summed E-state index contributed by atoms with van der Waals surface area (Å²) in [6.07, 6.45) is 3.65. The van der Waals surface area contributed by atoms with Crippen molar-refractivity contribution in [1.82, 2.24) is 4.90 Å². The molecule has 3 N–H and O–H groups in total. The van der Waals surface area contributed by atoms with E-state index in [1.54, 1.807) is 6.07 Å². The van der Waals surface area contributed by atoms with Crippen molar-refractivity contribution in [2.45, 2.75) is 25.8 Å². The zero-order valence-electron chi connectivity index (χ0n) is 14.3. The quantitative estimate of drug-likeness (QED) is 0.665. The number of piperidine rings is 1. The first-order valence-corrected chi connectivity index (χ1v) is 8.72. The van der Waals surface area contributed by atoms with Crippen molar-refractivity contribution in [3.63, 3.8) is 0 Å². The van der Waals surface area contributed by atoms with Crippen molar-refractivity contribution < 1.29 is 4.79 Å². The number of carbonyl (C=O) groups is 1. The molecule has 0 aromatic heterocycles. The number of primary amides is 1. The largest absolute Gasteiger partial charge is 0.366 e. The Kier molecular flexibility index (Phi) is 5.67. The molecule has 1 aliphatic rings. The topological polar surface area (TPSA) is 70.7 Å². The van der Waals surface area contributed by atoms with Crippen molar-refractivity contribution in [2.75, 3.05) is 18.4 Å². The van der Waals surface area contributed by atoms with E-state index in [-0.39, 0.29) is 0 Å². The lowest BCUT2D eigenvalue weighted by atomic mass is 10.1. The number of anilines is 1. The normalized spacial score (nSPS) is 15.0. The fourth-order valence-electron chi connectivity index (χ4n) is 2.96. The molecule has 0 atom stereocenters. The zero-order valence-corrected chi connectivity index (χ0v) is 14.3. The van der Waals surface area contributed by atoms with Crippen LogP contribution in [0.5, 0.6) is 0 Å². The van der Waals surface area contributed by atoms with Gasteiger partial charge in [-0.05, 0) is 49.1 Å². The number of nitrogens with zero attached hydrogens (tertiary/aromatic N) is 2. The van der Waals surface area contributed by atoms with Gasteiger partial charge in [0, 0.05) is 24.3 Å². The molecule has 25 heavy (non-hydrogen) atoms. The van der Waals surface area contributed by atoms with Crippen LogP contribution in [0, 0.1) is 0 Å². The van der Waals surface area contributed by atoms with E-state index in [2.05, 4.69) is 10.2 Å². The predicted molar refractivity (Wildman–Crippen MR) is 102 cm³/mol. The van der Waals surface area contributed by atoms with Crippen molar-refractivity contribution in [3.8, 4) is 0 Å². The summed E-state index contributed by atoms with van der Waals surface area (Å²) in [5, 5.41) is 3.44. The van der Waals surface area contributed by atoms with E-state index in [4.69, 9.17) is 10.7 Å². The van der Waals surface area contributed by atoms with Gasteiger partial charge in [-0.2, -0.15) is 0 Å². The average molecular weight is 336 g/mol. The molecule has 1 saturated heterocycles. The minimum Gasteiger partial charge on any atom is -0.366 e. The Balaban J connectivity index is 1.79. The highest BCUT2D eigenvalue weighted by molar-refractivity contribution is 5.94. The van der Waals surface area contributed by atoms with Gasteiger partial charge in [0.15, 0.2) is 5.96 Å². The molecular weight excluding hydrogens is 312 g/mol. The van der Waals surface area contributed by atoms with Crippen molar-refractivity contribution in [1.29, 1.82) is 0 Å². The maximum atomic E-state index is 11.3.